The van der Waals surface area contributed by atoms with E-state index >= 15 is 0 Å². The molecule has 3 rings (SSSR count). The van der Waals surface area contributed by atoms with Crippen molar-refractivity contribution >= 4 is 27.3 Å². The number of hydrogen-bond acceptors (Lipinski definition) is 4. The second kappa shape index (κ2) is 9.66. The first-order chi connectivity index (χ1) is 14.8. The van der Waals surface area contributed by atoms with E-state index < -0.39 is 15.9 Å². The van der Waals surface area contributed by atoms with E-state index in [1.165, 1.54) is 0 Å². The Morgan fingerprint density at radius 2 is 1.42 bits per heavy atom. The molecular weight excluding hydrogens is 412 g/mol. The molecule has 3 aromatic carbocycles. The van der Waals surface area contributed by atoms with Gasteiger partial charge in [-0.3, -0.25) is 9.10 Å². The molecule has 7 heteroatoms. The highest BCUT2D eigenvalue weighted by Crippen LogP contribution is 2.25. The molecule has 0 spiro atoms. The number of nitrogens with zero attached hydrogens (tertiary/aromatic N) is 1. The number of nitrogens with one attached hydrogen (secondary N) is 1. The predicted octanol–water partition coefficient (Wildman–Crippen LogP) is 4.54. The predicted molar refractivity (Wildman–Crippen MR) is 123 cm³/mol. The Bertz CT molecular complexity index is 1120. The fourth-order valence-corrected chi connectivity index (χ4v) is 4.42. The van der Waals surface area contributed by atoms with E-state index in [1.807, 2.05) is 32.9 Å². The zero-order valence-corrected chi connectivity index (χ0v) is 18.6. The first-order valence-electron chi connectivity index (χ1n) is 9.98. The summed E-state index contributed by atoms with van der Waals surface area (Å²) in [6, 6.07) is 20.5. The number of benzene rings is 3. The number of amides is 1. The van der Waals surface area contributed by atoms with Crippen LogP contribution in [-0.2, 0) is 14.8 Å². The molecule has 0 aliphatic carbocycles. The third-order valence-corrected chi connectivity index (χ3v) is 6.46. The van der Waals surface area contributed by atoms with E-state index in [4.69, 9.17) is 4.74 Å². The zero-order chi connectivity index (χ0) is 22.4. The molecular formula is C24H26N2O4S. The minimum Gasteiger partial charge on any atom is -0.494 e. The normalized spacial score (nSPS) is 11.1. The third kappa shape index (κ3) is 5.64. The lowest BCUT2D eigenvalue weighted by Crippen LogP contribution is -2.38. The Morgan fingerprint density at radius 3 is 1.97 bits per heavy atom. The molecule has 1 N–H and O–H groups in total. The van der Waals surface area contributed by atoms with Gasteiger partial charge in [0.15, 0.2) is 0 Å². The van der Waals surface area contributed by atoms with E-state index in [0.717, 1.165) is 15.4 Å². The van der Waals surface area contributed by atoms with Crippen molar-refractivity contribution in [3.05, 3.63) is 83.9 Å². The minimum atomic E-state index is -3.93. The maximum absolute atomic E-state index is 13.4. The number of ether oxygens (including phenoxy) is 1. The van der Waals surface area contributed by atoms with E-state index in [0.29, 0.717) is 23.7 Å². The molecule has 3 aromatic rings. The molecule has 0 aliphatic rings. The van der Waals surface area contributed by atoms with Crippen LogP contribution in [0.25, 0.3) is 0 Å². The molecule has 1 amide bonds. The summed E-state index contributed by atoms with van der Waals surface area (Å²) >= 11 is 0. The maximum Gasteiger partial charge on any atom is 0.264 e. The molecule has 0 unspecified atom stereocenters. The number of carbonyl (C=O) groups excluding carboxylic acids is 1. The number of carbonyl (C=O) groups is 1. The van der Waals surface area contributed by atoms with Gasteiger partial charge in [-0.05, 0) is 69.3 Å². The summed E-state index contributed by atoms with van der Waals surface area (Å²) < 4.78 is 33.3. The van der Waals surface area contributed by atoms with Gasteiger partial charge in [0, 0.05) is 5.69 Å². The quantitative estimate of drug-likeness (QED) is 0.560. The summed E-state index contributed by atoms with van der Waals surface area (Å²) in [6.07, 6.45) is 0. The summed E-state index contributed by atoms with van der Waals surface area (Å²) in [4.78, 5) is 12.9. The molecule has 0 aromatic heterocycles. The fraction of sp³-hybridized carbons (Fsp3) is 0.208. The van der Waals surface area contributed by atoms with Crippen molar-refractivity contribution in [1.29, 1.82) is 0 Å². The van der Waals surface area contributed by atoms with Gasteiger partial charge in [0.25, 0.3) is 10.0 Å². The van der Waals surface area contributed by atoms with Gasteiger partial charge in [0.2, 0.25) is 5.91 Å². The third-order valence-electron chi connectivity index (χ3n) is 4.67. The Morgan fingerprint density at radius 1 is 0.871 bits per heavy atom. The van der Waals surface area contributed by atoms with Crippen LogP contribution in [0, 0.1) is 13.8 Å². The molecule has 0 heterocycles. The molecule has 0 radical (unpaired) electrons. The van der Waals surface area contributed by atoms with Crippen LogP contribution in [0.3, 0.4) is 0 Å². The van der Waals surface area contributed by atoms with Crippen LogP contribution in [0.1, 0.15) is 18.1 Å². The second-order valence-corrected chi connectivity index (χ2v) is 9.03. The Labute approximate surface area is 183 Å². The van der Waals surface area contributed by atoms with Crippen LogP contribution in [0.5, 0.6) is 5.75 Å². The van der Waals surface area contributed by atoms with Gasteiger partial charge in [-0.15, -0.1) is 0 Å². The van der Waals surface area contributed by atoms with E-state index in [1.54, 1.807) is 60.7 Å². The number of hydrogen-bond donors (Lipinski definition) is 1. The van der Waals surface area contributed by atoms with Crippen molar-refractivity contribution in [1.82, 2.24) is 0 Å². The van der Waals surface area contributed by atoms with Gasteiger partial charge in [0.05, 0.1) is 17.2 Å². The first kappa shape index (κ1) is 22.4. The number of anilines is 2. The molecule has 0 saturated heterocycles. The number of rotatable bonds is 8. The molecule has 0 saturated carbocycles. The van der Waals surface area contributed by atoms with Crippen molar-refractivity contribution in [2.24, 2.45) is 0 Å². The average molecular weight is 439 g/mol. The second-order valence-electron chi connectivity index (χ2n) is 7.17. The number of aryl methyl sites for hydroxylation is 2. The van der Waals surface area contributed by atoms with Crippen LogP contribution >= 0.6 is 0 Å². The molecule has 162 valence electrons. The van der Waals surface area contributed by atoms with Crippen LogP contribution < -0.4 is 14.4 Å². The lowest BCUT2D eigenvalue weighted by Gasteiger charge is -2.24. The summed E-state index contributed by atoms with van der Waals surface area (Å²) in [6.45, 7) is 5.89. The molecule has 6 nitrogen and oxygen atoms in total. The lowest BCUT2D eigenvalue weighted by molar-refractivity contribution is -0.114. The Balaban J connectivity index is 1.86. The first-order valence-corrected chi connectivity index (χ1v) is 11.4. The molecule has 0 bridgehead atoms. The highest BCUT2D eigenvalue weighted by Gasteiger charge is 2.27. The molecule has 0 atom stereocenters. The average Bonchev–Trinajstić information content (AvgIpc) is 2.75. The highest BCUT2D eigenvalue weighted by atomic mass is 32.2. The van der Waals surface area contributed by atoms with Crippen LogP contribution in [0.15, 0.2) is 77.7 Å². The minimum absolute atomic E-state index is 0.132. The standard InChI is InChI=1S/C24H26N2O4S/c1-4-30-22-13-9-20(10-14-22)25-24(27)17-26(21-11-5-18(2)6-12-21)31(28,29)23-15-7-19(3)8-16-23/h5-16H,4,17H2,1-3H3,(H,25,27). The number of sulfonamides is 1. The van der Waals surface area contributed by atoms with E-state index in [-0.39, 0.29) is 11.4 Å². The van der Waals surface area contributed by atoms with Crippen molar-refractivity contribution in [3.63, 3.8) is 0 Å². The van der Waals surface area contributed by atoms with Gasteiger partial charge in [-0.1, -0.05) is 35.4 Å². The summed E-state index contributed by atoms with van der Waals surface area (Å²) in [7, 11) is -3.93. The van der Waals surface area contributed by atoms with Crippen LogP contribution in [0.2, 0.25) is 0 Å². The largest absolute Gasteiger partial charge is 0.494 e. The van der Waals surface area contributed by atoms with E-state index in [2.05, 4.69) is 5.32 Å². The zero-order valence-electron chi connectivity index (χ0n) is 17.8. The van der Waals surface area contributed by atoms with Gasteiger partial charge in [0.1, 0.15) is 12.3 Å². The lowest BCUT2D eigenvalue weighted by atomic mass is 10.2. The molecule has 0 fully saturated rings. The molecule has 0 aliphatic heterocycles. The van der Waals surface area contributed by atoms with Gasteiger partial charge < -0.3 is 10.1 Å². The van der Waals surface area contributed by atoms with E-state index in [9.17, 15) is 13.2 Å². The van der Waals surface area contributed by atoms with Crippen LogP contribution in [-0.4, -0.2) is 27.5 Å². The van der Waals surface area contributed by atoms with Crippen molar-refractivity contribution in [2.75, 3.05) is 22.8 Å². The maximum atomic E-state index is 13.4. The topological polar surface area (TPSA) is 75.7 Å². The summed E-state index contributed by atoms with van der Waals surface area (Å²) in [5, 5.41) is 2.75. The summed E-state index contributed by atoms with van der Waals surface area (Å²) in [5.41, 5.74) is 2.93. The van der Waals surface area contributed by atoms with Gasteiger partial charge >= 0.3 is 0 Å². The van der Waals surface area contributed by atoms with Gasteiger partial charge in [-0.2, -0.15) is 0 Å². The van der Waals surface area contributed by atoms with Crippen molar-refractivity contribution < 1.29 is 17.9 Å². The molecule has 31 heavy (non-hydrogen) atoms. The van der Waals surface area contributed by atoms with Crippen LogP contribution in [0.4, 0.5) is 11.4 Å². The Kier molecular flexibility index (Phi) is 6.97. The van der Waals surface area contributed by atoms with Gasteiger partial charge in [-0.25, -0.2) is 8.42 Å². The smallest absolute Gasteiger partial charge is 0.264 e. The monoisotopic (exact) mass is 438 g/mol. The SMILES string of the molecule is CCOc1ccc(NC(=O)CN(c2ccc(C)cc2)S(=O)(=O)c2ccc(C)cc2)cc1. The highest BCUT2D eigenvalue weighted by molar-refractivity contribution is 7.92. The van der Waals surface area contributed by atoms with Crippen molar-refractivity contribution in [3.8, 4) is 5.75 Å². The van der Waals surface area contributed by atoms with Crippen molar-refractivity contribution in [2.45, 2.75) is 25.7 Å². The summed E-state index contributed by atoms with van der Waals surface area (Å²) in [5.74, 6) is 0.254. The Hall–Kier alpha value is -3.32. The fourth-order valence-electron chi connectivity index (χ4n) is 3.00.